The molecule has 1 saturated heterocycles. The van der Waals surface area contributed by atoms with E-state index in [1.807, 2.05) is 6.07 Å². The van der Waals surface area contributed by atoms with Gasteiger partial charge >= 0.3 is 5.97 Å². The van der Waals surface area contributed by atoms with Crippen LogP contribution in [-0.4, -0.2) is 38.3 Å². The lowest BCUT2D eigenvalue weighted by atomic mass is 10.1. The first kappa shape index (κ1) is 27.9. The first-order valence-electron chi connectivity index (χ1n) is 13.4. The molecule has 0 unspecified atom stereocenters. The van der Waals surface area contributed by atoms with E-state index >= 15 is 4.39 Å². The average molecular weight is 585 g/mol. The fourth-order valence-corrected chi connectivity index (χ4v) is 4.91. The van der Waals surface area contributed by atoms with Crippen molar-refractivity contribution in [3.05, 3.63) is 112 Å². The maximum absolute atomic E-state index is 15.4. The van der Waals surface area contributed by atoms with Gasteiger partial charge in [-0.2, -0.15) is 5.26 Å². The number of aromatic nitrogens is 3. The summed E-state index contributed by atoms with van der Waals surface area (Å²) < 4.78 is 57.4. The van der Waals surface area contributed by atoms with Gasteiger partial charge in [-0.1, -0.05) is 18.2 Å². The van der Waals surface area contributed by atoms with Crippen molar-refractivity contribution in [1.29, 1.82) is 5.26 Å². The lowest BCUT2D eigenvalue weighted by Gasteiger charge is -2.27. The molecule has 1 aliphatic heterocycles. The van der Waals surface area contributed by atoms with Gasteiger partial charge in [0, 0.05) is 30.2 Å². The Morgan fingerprint density at radius 3 is 2.58 bits per heavy atom. The van der Waals surface area contributed by atoms with Gasteiger partial charge in [0.1, 0.15) is 29.6 Å². The molecule has 0 amide bonds. The molecule has 1 atom stereocenters. The van der Waals surface area contributed by atoms with Crippen molar-refractivity contribution in [2.24, 2.45) is 0 Å². The second-order valence-electron chi connectivity index (χ2n) is 10.1. The van der Waals surface area contributed by atoms with E-state index in [1.165, 1.54) is 24.3 Å². The summed E-state index contributed by atoms with van der Waals surface area (Å²) in [6.07, 6.45) is 0.857. The molecular formula is C32H23F3N4O4. The lowest BCUT2D eigenvalue weighted by Crippen LogP contribution is -2.31. The SMILES string of the molecule is N#Cc1ccc(COc2cccc(-c3ccc(Cc4nc5c(F)cc(C(=O)O)cc5n4C[C@@H]4CCO4)cc3F)n2)c(F)c1. The molecule has 43 heavy (non-hydrogen) atoms. The number of carboxylic acid groups (broad SMARTS) is 1. The highest BCUT2D eigenvalue weighted by Crippen LogP contribution is 2.28. The molecule has 5 aromatic rings. The predicted molar refractivity (Wildman–Crippen MR) is 149 cm³/mol. The Morgan fingerprint density at radius 2 is 1.88 bits per heavy atom. The maximum atomic E-state index is 15.4. The largest absolute Gasteiger partial charge is 0.478 e. The zero-order valence-corrected chi connectivity index (χ0v) is 22.6. The van der Waals surface area contributed by atoms with Crippen LogP contribution in [0.15, 0.2) is 66.7 Å². The first-order chi connectivity index (χ1) is 20.8. The van der Waals surface area contributed by atoms with Gasteiger partial charge in [0.2, 0.25) is 5.88 Å². The van der Waals surface area contributed by atoms with Crippen LogP contribution in [0.25, 0.3) is 22.3 Å². The molecule has 0 bridgehead atoms. The van der Waals surface area contributed by atoms with E-state index in [2.05, 4.69) is 9.97 Å². The highest BCUT2D eigenvalue weighted by molar-refractivity contribution is 5.92. The molecule has 2 aromatic heterocycles. The van der Waals surface area contributed by atoms with Crippen LogP contribution < -0.4 is 4.74 Å². The van der Waals surface area contributed by atoms with Crippen molar-refractivity contribution in [1.82, 2.24) is 14.5 Å². The number of fused-ring (bicyclic) bond motifs is 1. The Bertz CT molecular complexity index is 1910. The number of rotatable bonds is 9. The van der Waals surface area contributed by atoms with Crippen LogP contribution in [0.1, 0.15) is 39.3 Å². The molecular weight excluding hydrogens is 561 g/mol. The van der Waals surface area contributed by atoms with E-state index in [4.69, 9.17) is 14.7 Å². The van der Waals surface area contributed by atoms with E-state index in [1.54, 1.807) is 34.9 Å². The molecule has 3 heterocycles. The first-order valence-corrected chi connectivity index (χ1v) is 13.4. The molecule has 11 heteroatoms. The molecule has 1 fully saturated rings. The van der Waals surface area contributed by atoms with Crippen molar-refractivity contribution in [3.63, 3.8) is 0 Å². The van der Waals surface area contributed by atoms with E-state index in [0.29, 0.717) is 35.8 Å². The minimum Gasteiger partial charge on any atom is -0.478 e. The molecule has 0 saturated carbocycles. The molecule has 6 rings (SSSR count). The highest BCUT2D eigenvalue weighted by atomic mass is 19.1. The van der Waals surface area contributed by atoms with Crippen LogP contribution in [0, 0.1) is 28.8 Å². The predicted octanol–water partition coefficient (Wildman–Crippen LogP) is 6.04. The van der Waals surface area contributed by atoms with Gasteiger partial charge in [0.15, 0.2) is 5.82 Å². The van der Waals surface area contributed by atoms with Gasteiger partial charge in [-0.25, -0.2) is 27.9 Å². The molecule has 0 spiro atoms. The Balaban J connectivity index is 1.24. The molecule has 0 radical (unpaired) electrons. The van der Waals surface area contributed by atoms with Crippen molar-refractivity contribution in [2.75, 3.05) is 6.61 Å². The van der Waals surface area contributed by atoms with Crippen LogP contribution in [0.2, 0.25) is 0 Å². The van der Waals surface area contributed by atoms with E-state index in [9.17, 15) is 18.7 Å². The number of pyridine rings is 1. The normalized spacial score (nSPS) is 14.3. The number of hydrogen-bond acceptors (Lipinski definition) is 6. The van der Waals surface area contributed by atoms with Crippen molar-refractivity contribution in [3.8, 4) is 23.2 Å². The monoisotopic (exact) mass is 584 g/mol. The second kappa shape index (κ2) is 11.6. The average Bonchev–Trinajstić information content (AvgIpc) is 3.31. The number of hydrogen-bond donors (Lipinski definition) is 1. The maximum Gasteiger partial charge on any atom is 0.335 e. The van der Waals surface area contributed by atoms with Crippen LogP contribution in [0.5, 0.6) is 5.88 Å². The Hall–Kier alpha value is -5.21. The summed E-state index contributed by atoms with van der Waals surface area (Å²) in [5.41, 5.74) is 1.71. The summed E-state index contributed by atoms with van der Waals surface area (Å²) in [6, 6.07) is 17.7. The second-order valence-corrected chi connectivity index (χ2v) is 10.1. The van der Waals surface area contributed by atoms with Crippen molar-refractivity contribution in [2.45, 2.75) is 32.1 Å². The summed E-state index contributed by atoms with van der Waals surface area (Å²) in [5.74, 6) is -2.51. The number of benzene rings is 3. The number of ether oxygens (including phenoxy) is 2. The smallest absolute Gasteiger partial charge is 0.335 e. The Kier molecular flexibility index (Phi) is 7.52. The number of nitrogens with zero attached hydrogens (tertiary/aromatic N) is 4. The van der Waals surface area contributed by atoms with Gasteiger partial charge in [0.05, 0.1) is 41.1 Å². The standard InChI is InChI=1S/C32H23F3N4O4/c33-24-11-19(15-36)4-6-20(24)17-43-30-3-1-2-27(37-30)23-7-5-18(10-25(23)34)12-29-38-31-26(35)13-21(32(40)41)14-28(31)39(29)16-22-8-9-42-22/h1-7,10-11,13-14,22H,8-9,12,16-17H2,(H,40,41)/t22-/m0/s1. The summed E-state index contributed by atoms with van der Waals surface area (Å²) in [6.45, 7) is 0.843. The van der Waals surface area contributed by atoms with Gasteiger partial charge in [-0.3, -0.25) is 0 Å². The number of imidazole rings is 1. The van der Waals surface area contributed by atoms with Crippen LogP contribution in [-0.2, 0) is 24.3 Å². The number of aromatic carboxylic acids is 1. The van der Waals surface area contributed by atoms with E-state index < -0.39 is 23.4 Å². The summed E-state index contributed by atoms with van der Waals surface area (Å²) in [4.78, 5) is 20.3. The lowest BCUT2D eigenvalue weighted by molar-refractivity contribution is -0.0589. The fourth-order valence-electron chi connectivity index (χ4n) is 4.91. The molecule has 8 nitrogen and oxygen atoms in total. The topological polar surface area (TPSA) is 110 Å². The van der Waals surface area contributed by atoms with Gasteiger partial charge < -0.3 is 19.1 Å². The molecule has 3 aromatic carbocycles. The van der Waals surface area contributed by atoms with Crippen LogP contribution in [0.3, 0.4) is 0 Å². The molecule has 0 aliphatic carbocycles. The van der Waals surface area contributed by atoms with Crippen molar-refractivity contribution < 1.29 is 32.5 Å². The number of nitriles is 1. The fraction of sp³-hybridized carbons (Fsp3) is 0.188. The Labute approximate surface area is 243 Å². The third-order valence-corrected chi connectivity index (χ3v) is 7.27. The molecule has 216 valence electrons. The third-order valence-electron chi connectivity index (χ3n) is 7.27. The van der Waals surface area contributed by atoms with Crippen LogP contribution >= 0.6 is 0 Å². The number of halogens is 3. The van der Waals surface area contributed by atoms with Crippen LogP contribution in [0.4, 0.5) is 13.2 Å². The minimum atomic E-state index is -1.25. The highest BCUT2D eigenvalue weighted by Gasteiger charge is 2.24. The number of carboxylic acids is 1. The quantitative estimate of drug-likeness (QED) is 0.225. The van der Waals surface area contributed by atoms with Gasteiger partial charge in [-0.05, 0) is 54.4 Å². The van der Waals surface area contributed by atoms with Crippen molar-refractivity contribution >= 4 is 17.0 Å². The summed E-state index contributed by atoms with van der Waals surface area (Å²) in [5, 5.41) is 18.3. The minimum absolute atomic E-state index is 0.0401. The van der Waals surface area contributed by atoms with E-state index in [-0.39, 0.29) is 52.8 Å². The molecule has 1 aliphatic rings. The van der Waals surface area contributed by atoms with E-state index in [0.717, 1.165) is 18.6 Å². The third kappa shape index (κ3) is 5.78. The Morgan fingerprint density at radius 1 is 1.05 bits per heavy atom. The summed E-state index contributed by atoms with van der Waals surface area (Å²) in [7, 11) is 0. The zero-order valence-electron chi connectivity index (χ0n) is 22.6. The zero-order chi connectivity index (χ0) is 30.1. The van der Waals surface area contributed by atoms with Gasteiger partial charge in [0.25, 0.3) is 0 Å². The summed E-state index contributed by atoms with van der Waals surface area (Å²) >= 11 is 0. The van der Waals surface area contributed by atoms with Gasteiger partial charge in [-0.15, -0.1) is 0 Å². The number of carbonyl (C=O) groups is 1. The molecule has 1 N–H and O–H groups in total.